The topological polar surface area (TPSA) is 57.4 Å². The molecule has 0 amide bonds. The van der Waals surface area contributed by atoms with Gasteiger partial charge in [0.1, 0.15) is 0 Å². The van der Waals surface area contributed by atoms with Gasteiger partial charge in [-0.05, 0) is 174 Å². The highest BCUT2D eigenvalue weighted by Crippen LogP contribution is 2.45. The molecule has 0 unspecified atom stereocenters. The minimum Gasteiger partial charge on any atom is -0.354 e. The van der Waals surface area contributed by atoms with Gasteiger partial charge in [-0.1, -0.05) is 249 Å². The zero-order valence-electron chi connectivity index (χ0n) is 56.0. The van der Waals surface area contributed by atoms with Crippen molar-refractivity contribution in [2.45, 2.75) is 260 Å². The average molecular weight is 1270 g/mol. The predicted molar refractivity (Wildman–Crippen MR) is 390 cm³/mol. The lowest BCUT2D eigenvalue weighted by molar-refractivity contribution is 0.556. The Morgan fingerprint density at radius 2 is 0.724 bits per heavy atom. The maximum Gasteiger partial charge on any atom is 0.0746 e. The zero-order chi connectivity index (χ0) is 62.1. The lowest BCUT2D eigenvalue weighted by atomic mass is 9.78. The van der Waals surface area contributed by atoms with Gasteiger partial charge in [0.2, 0.25) is 0 Å². The fraction of sp³-hybridized carbons (Fsp3) is 0.500. The molecule has 0 saturated heterocycles. The van der Waals surface area contributed by atoms with Crippen molar-refractivity contribution in [3.05, 3.63) is 138 Å². The van der Waals surface area contributed by atoms with E-state index in [4.69, 9.17) is 9.97 Å². The Kier molecular flexibility index (Phi) is 22.3. The number of nitrogens with one attached hydrogen (secondary N) is 2. The van der Waals surface area contributed by atoms with Crippen LogP contribution < -0.4 is 0 Å². The van der Waals surface area contributed by atoms with Gasteiger partial charge in [0.15, 0.2) is 0 Å². The van der Waals surface area contributed by atoms with Crippen LogP contribution in [0, 0.1) is 0 Å². The third kappa shape index (κ3) is 17.1. The summed E-state index contributed by atoms with van der Waals surface area (Å²) in [5.74, 6) is 0. The van der Waals surface area contributed by atoms with Crippen LogP contribution in [-0.2, 0) is 34.5 Å². The predicted octanol–water partition coefficient (Wildman–Crippen LogP) is 26.3. The first-order valence-corrected chi connectivity index (χ1v) is 36.3. The largest absolute Gasteiger partial charge is 0.354 e. The lowest BCUT2D eigenvalue weighted by Gasteiger charge is -2.26. The summed E-state index contributed by atoms with van der Waals surface area (Å²) in [4.78, 5) is 22.4. The van der Waals surface area contributed by atoms with Crippen molar-refractivity contribution >= 4 is 85.0 Å². The highest BCUT2D eigenvalue weighted by molar-refractivity contribution is 9.11. The van der Waals surface area contributed by atoms with E-state index in [0.717, 1.165) is 74.4 Å². The lowest BCUT2D eigenvalue weighted by Crippen LogP contribution is -2.16. The molecule has 7 heterocycles. The second kappa shape index (κ2) is 29.3. The molecule has 2 aliphatic rings. The molecule has 2 N–H and O–H groups in total. The quantitative estimate of drug-likeness (QED) is 0.0531. The van der Waals surface area contributed by atoms with Crippen LogP contribution in [0.3, 0.4) is 0 Å². The van der Waals surface area contributed by atoms with Gasteiger partial charge in [-0.2, -0.15) is 0 Å². The van der Waals surface area contributed by atoms with Crippen molar-refractivity contribution in [1.29, 1.82) is 0 Å². The molecule has 7 heteroatoms. The average Bonchev–Trinajstić information content (AvgIpc) is 1.86. The van der Waals surface area contributed by atoms with Gasteiger partial charge in [-0.3, -0.25) is 0 Å². The monoisotopic (exact) mass is 1260 g/mol. The second-order valence-corrected chi connectivity index (χ2v) is 33.0. The van der Waals surface area contributed by atoms with Gasteiger partial charge in [-0.15, -0.1) is 22.7 Å². The number of aryl methyl sites for hydroxylation is 2. The number of thiophene rings is 2. The Morgan fingerprint density at radius 1 is 0.379 bits per heavy atom. The first kappa shape index (κ1) is 66.3. The Bertz CT molecular complexity index is 3450. The van der Waals surface area contributed by atoms with Gasteiger partial charge in [0.25, 0.3) is 0 Å². The SMILES string of the molecule is CCCCCCCCCCCCc1csc(-c2c3ccc([nH]3)c(-c3cc(C(C)(C)C)cc(C(C)(C)C)c3)c3nc(c(-c4cc(CCCCCCCCCCCC)c(Br)s4)c4nc(c(-c5cc(C(C)(C)C)cc(C(C)(C)C)c5)c5ccc2[nH]5)C=C4)C=C3)c1. The van der Waals surface area contributed by atoms with Crippen molar-refractivity contribution in [2.75, 3.05) is 0 Å². The van der Waals surface area contributed by atoms with Crippen LogP contribution in [0.15, 0.2) is 82.0 Å². The van der Waals surface area contributed by atoms with E-state index in [1.807, 2.05) is 22.7 Å². The number of H-pyrrole nitrogens is 2. The molecule has 0 atom stereocenters. The molecule has 9 rings (SSSR count). The normalized spacial score (nSPS) is 13.0. The fourth-order valence-corrected chi connectivity index (χ4v) is 15.4. The van der Waals surface area contributed by atoms with Crippen LogP contribution in [0.25, 0.3) is 89.5 Å². The molecule has 0 saturated carbocycles. The van der Waals surface area contributed by atoms with Crippen molar-refractivity contribution in [1.82, 2.24) is 19.9 Å². The van der Waals surface area contributed by atoms with Gasteiger partial charge < -0.3 is 9.97 Å². The van der Waals surface area contributed by atoms with E-state index in [0.29, 0.717) is 0 Å². The van der Waals surface area contributed by atoms with Crippen LogP contribution in [0.4, 0.5) is 0 Å². The minimum atomic E-state index is -0.0735. The number of rotatable bonds is 26. The number of aromatic nitrogens is 4. The van der Waals surface area contributed by atoms with E-state index in [9.17, 15) is 0 Å². The van der Waals surface area contributed by atoms with E-state index in [1.165, 1.54) is 192 Å². The van der Waals surface area contributed by atoms with E-state index >= 15 is 0 Å². The van der Waals surface area contributed by atoms with Gasteiger partial charge in [0, 0.05) is 54.1 Å². The fourth-order valence-electron chi connectivity index (χ4n) is 12.6. The molecule has 0 aliphatic carbocycles. The van der Waals surface area contributed by atoms with E-state index in [2.05, 4.69) is 225 Å². The molecule has 5 aromatic heterocycles. The Morgan fingerprint density at radius 3 is 1.10 bits per heavy atom. The highest BCUT2D eigenvalue weighted by atomic mass is 79.9. The van der Waals surface area contributed by atoms with Crippen molar-refractivity contribution in [2.24, 2.45) is 0 Å². The Hall–Kier alpha value is -5.08. The molecule has 2 aliphatic heterocycles. The van der Waals surface area contributed by atoms with Crippen molar-refractivity contribution in [3.8, 4) is 43.1 Å². The minimum absolute atomic E-state index is 0.0735. The van der Waals surface area contributed by atoms with Gasteiger partial charge in [-0.25, -0.2) is 9.97 Å². The Balaban J connectivity index is 1.26. The third-order valence-corrected chi connectivity index (χ3v) is 21.2. The summed E-state index contributed by atoms with van der Waals surface area (Å²) >= 11 is 7.82. The van der Waals surface area contributed by atoms with Crippen LogP contribution in [0.1, 0.15) is 282 Å². The number of hydrogen-bond donors (Lipinski definition) is 2. The van der Waals surface area contributed by atoms with E-state index in [1.54, 1.807) is 0 Å². The molecule has 2 aromatic carbocycles. The number of benzene rings is 2. The first-order valence-electron chi connectivity index (χ1n) is 33.9. The van der Waals surface area contributed by atoms with Crippen LogP contribution in [-0.4, -0.2) is 19.9 Å². The molecule has 0 spiro atoms. The number of hydrogen-bond acceptors (Lipinski definition) is 4. The molecule has 0 fully saturated rings. The maximum atomic E-state index is 5.83. The molecular weight excluding hydrogens is 1160 g/mol. The number of aromatic amines is 2. The molecule has 4 nitrogen and oxygen atoms in total. The smallest absolute Gasteiger partial charge is 0.0746 e. The number of fused-ring (bicyclic) bond motifs is 8. The third-order valence-electron chi connectivity index (χ3n) is 18.2. The summed E-state index contributed by atoms with van der Waals surface area (Å²) in [5.41, 5.74) is 22.6. The second-order valence-electron chi connectivity index (χ2n) is 29.7. The first-order chi connectivity index (χ1) is 41.5. The number of nitrogens with zero attached hydrogens (tertiary/aromatic N) is 2. The van der Waals surface area contributed by atoms with Crippen molar-refractivity contribution in [3.63, 3.8) is 0 Å². The molecular formula is C80H105BrN4S2. The highest BCUT2D eigenvalue weighted by Gasteiger charge is 2.27. The summed E-state index contributed by atoms with van der Waals surface area (Å²) in [5, 5.41) is 2.42. The number of unbranched alkanes of at least 4 members (excludes halogenated alkanes) is 18. The summed E-state index contributed by atoms with van der Waals surface area (Å²) < 4.78 is 1.20. The summed E-state index contributed by atoms with van der Waals surface area (Å²) in [6.07, 6.45) is 37.9. The summed E-state index contributed by atoms with van der Waals surface area (Å²) in [6, 6.07) is 28.8. The van der Waals surface area contributed by atoms with Gasteiger partial charge in [0.05, 0.1) is 26.6 Å². The van der Waals surface area contributed by atoms with Gasteiger partial charge >= 0.3 is 0 Å². The van der Waals surface area contributed by atoms with E-state index in [-0.39, 0.29) is 21.7 Å². The Labute approximate surface area is 542 Å². The summed E-state index contributed by atoms with van der Waals surface area (Å²) in [6.45, 7) is 32.7. The maximum absolute atomic E-state index is 5.83. The van der Waals surface area contributed by atoms with Crippen molar-refractivity contribution < 1.29 is 0 Å². The molecule has 87 heavy (non-hydrogen) atoms. The molecule has 464 valence electrons. The zero-order valence-corrected chi connectivity index (χ0v) is 59.2. The molecule has 8 bridgehead atoms. The number of halogens is 1. The standard InChI is InChI=1S/C80H105BrN4S2/c1-15-17-19-21-23-25-27-29-31-33-35-54-45-70(86-53-54)74-66-41-37-62(82-66)72(56-46-58(77(3,4)5)51-59(47-56)78(6,7)8)64-39-43-68(84-64)75(71-50-55(76(81)87-71)36-34-32-30-28-26-24-22-20-18-16-2)69-44-40-65(85-69)73(63-38-42-67(74)83-63)57-48-60(79(9,10)11)52-61(49-57)80(12,13)14/h37-53,82-83H,15-36H2,1-14H3. The van der Waals surface area contributed by atoms with Crippen LogP contribution in [0.5, 0.6) is 0 Å². The molecule has 0 radical (unpaired) electrons. The summed E-state index contributed by atoms with van der Waals surface area (Å²) in [7, 11) is 0. The van der Waals surface area contributed by atoms with Crippen LogP contribution >= 0.6 is 38.6 Å². The molecule has 7 aromatic rings. The van der Waals surface area contributed by atoms with Crippen LogP contribution in [0.2, 0.25) is 0 Å². The van der Waals surface area contributed by atoms with E-state index < -0.39 is 0 Å².